The molecule has 0 aromatic carbocycles. The summed E-state index contributed by atoms with van der Waals surface area (Å²) in [5.41, 5.74) is 0. The molecule has 1 unspecified atom stereocenters. The van der Waals surface area contributed by atoms with E-state index in [1.54, 1.807) is 19.1 Å². The minimum atomic E-state index is -0.493. The van der Waals surface area contributed by atoms with Crippen LogP contribution in [0.3, 0.4) is 0 Å². The Morgan fingerprint density at radius 1 is 1.60 bits per heavy atom. The van der Waals surface area contributed by atoms with E-state index in [-0.39, 0.29) is 12.0 Å². The van der Waals surface area contributed by atoms with Crippen molar-refractivity contribution in [3.63, 3.8) is 0 Å². The minimum Gasteiger partial charge on any atom is -0.393 e. The van der Waals surface area contributed by atoms with Crippen LogP contribution >= 0.6 is 15.9 Å². The smallest absolute Gasteiger partial charge is 0.229 e. The molecule has 1 saturated heterocycles. The topological polar surface area (TPSA) is 36.4 Å². The van der Waals surface area contributed by atoms with Crippen molar-refractivity contribution in [3.8, 4) is 0 Å². The molecule has 3 nitrogen and oxygen atoms in total. The summed E-state index contributed by atoms with van der Waals surface area (Å²) in [5.74, 6) is 0.416. The highest BCUT2D eigenvalue weighted by Crippen LogP contribution is 2.26. The van der Waals surface area contributed by atoms with Crippen LogP contribution in [0.4, 0.5) is 10.2 Å². The quantitative estimate of drug-likeness (QED) is 0.836. The zero-order valence-corrected chi connectivity index (χ0v) is 9.91. The lowest BCUT2D eigenvalue weighted by Crippen LogP contribution is -2.51. The molecule has 1 aliphatic rings. The number of hydrogen-bond acceptors (Lipinski definition) is 3. The van der Waals surface area contributed by atoms with Crippen LogP contribution in [0.5, 0.6) is 0 Å². The van der Waals surface area contributed by atoms with Crippen molar-refractivity contribution in [2.45, 2.75) is 13.0 Å². The first kappa shape index (κ1) is 10.8. The largest absolute Gasteiger partial charge is 0.393 e. The lowest BCUT2D eigenvalue weighted by Gasteiger charge is -2.41. The molecule has 1 atom stereocenters. The van der Waals surface area contributed by atoms with Crippen molar-refractivity contribution in [2.75, 3.05) is 18.0 Å². The van der Waals surface area contributed by atoms with Crippen molar-refractivity contribution in [2.24, 2.45) is 5.92 Å². The summed E-state index contributed by atoms with van der Waals surface area (Å²) in [6, 6.07) is 3.42. The van der Waals surface area contributed by atoms with Gasteiger partial charge in [0.05, 0.1) is 10.6 Å². The van der Waals surface area contributed by atoms with Gasteiger partial charge in [0.2, 0.25) is 5.95 Å². The van der Waals surface area contributed by atoms with Crippen LogP contribution in [0.2, 0.25) is 0 Å². The lowest BCUT2D eigenvalue weighted by atomic mass is 9.95. The number of pyridine rings is 1. The Labute approximate surface area is 96.1 Å². The lowest BCUT2D eigenvalue weighted by molar-refractivity contribution is 0.107. The van der Waals surface area contributed by atoms with Gasteiger partial charge in [0.15, 0.2) is 0 Å². The van der Waals surface area contributed by atoms with Crippen molar-refractivity contribution < 1.29 is 9.50 Å². The number of hydrogen-bond donors (Lipinski definition) is 1. The number of anilines is 1. The summed E-state index contributed by atoms with van der Waals surface area (Å²) in [5, 5.41) is 9.31. The summed E-state index contributed by atoms with van der Waals surface area (Å²) in [6.07, 6.45) is -0.304. The predicted molar refractivity (Wildman–Crippen MR) is 59.3 cm³/mol. The van der Waals surface area contributed by atoms with E-state index in [0.29, 0.717) is 10.3 Å². The molecule has 1 aliphatic heterocycles. The van der Waals surface area contributed by atoms with E-state index in [9.17, 15) is 9.50 Å². The second-order valence-electron chi connectivity index (χ2n) is 3.85. The highest BCUT2D eigenvalue weighted by Gasteiger charge is 2.31. The fraction of sp³-hybridized carbons (Fsp3) is 0.500. The number of aliphatic hydroxyl groups excluding tert-OH is 1. The van der Waals surface area contributed by atoms with E-state index in [1.807, 2.05) is 4.90 Å². The Balaban J connectivity index is 2.04. The number of rotatable bonds is 2. The Bertz CT molecular complexity index is 366. The zero-order valence-electron chi connectivity index (χ0n) is 8.32. The number of aromatic nitrogens is 1. The average molecular weight is 275 g/mol. The van der Waals surface area contributed by atoms with Crippen molar-refractivity contribution in [1.82, 2.24) is 4.98 Å². The van der Waals surface area contributed by atoms with Gasteiger partial charge in [0, 0.05) is 19.0 Å². The molecule has 82 valence electrons. The minimum absolute atomic E-state index is 0.276. The number of halogens is 2. The van der Waals surface area contributed by atoms with Gasteiger partial charge in [-0.05, 0) is 35.0 Å². The molecule has 0 spiro atoms. The summed E-state index contributed by atoms with van der Waals surface area (Å²) >= 11 is 3.06. The Hall–Kier alpha value is -0.680. The third-order valence-corrected chi connectivity index (χ3v) is 3.30. The first-order chi connectivity index (χ1) is 7.08. The Morgan fingerprint density at radius 3 is 2.80 bits per heavy atom. The van der Waals surface area contributed by atoms with E-state index in [4.69, 9.17) is 0 Å². The van der Waals surface area contributed by atoms with Crippen LogP contribution < -0.4 is 4.90 Å². The zero-order chi connectivity index (χ0) is 11.0. The van der Waals surface area contributed by atoms with Crippen LogP contribution in [0.25, 0.3) is 0 Å². The molecule has 0 amide bonds. The summed E-state index contributed by atoms with van der Waals surface area (Å²) in [7, 11) is 0. The van der Waals surface area contributed by atoms with Gasteiger partial charge < -0.3 is 10.0 Å². The molecule has 1 fully saturated rings. The van der Waals surface area contributed by atoms with Crippen molar-refractivity contribution >= 4 is 21.7 Å². The maximum atomic E-state index is 13.1. The molecule has 15 heavy (non-hydrogen) atoms. The monoisotopic (exact) mass is 274 g/mol. The van der Waals surface area contributed by atoms with Crippen LogP contribution in [0.15, 0.2) is 16.6 Å². The van der Waals surface area contributed by atoms with E-state index in [2.05, 4.69) is 20.9 Å². The molecular formula is C10H12BrFN2O. The molecule has 1 aromatic heterocycles. The van der Waals surface area contributed by atoms with Crippen LogP contribution in [0.1, 0.15) is 6.92 Å². The number of nitrogens with zero attached hydrogens (tertiary/aromatic N) is 2. The van der Waals surface area contributed by atoms with Crippen molar-refractivity contribution in [1.29, 1.82) is 0 Å². The first-order valence-corrected chi connectivity index (χ1v) is 5.62. The van der Waals surface area contributed by atoms with Crippen LogP contribution in [-0.4, -0.2) is 29.3 Å². The highest BCUT2D eigenvalue weighted by atomic mass is 79.9. The molecule has 0 saturated carbocycles. The highest BCUT2D eigenvalue weighted by molar-refractivity contribution is 9.10. The van der Waals surface area contributed by atoms with Gasteiger partial charge in [-0.25, -0.2) is 4.98 Å². The molecule has 1 N–H and O–H groups in total. The maximum Gasteiger partial charge on any atom is 0.229 e. The van der Waals surface area contributed by atoms with E-state index in [0.717, 1.165) is 13.1 Å². The first-order valence-electron chi connectivity index (χ1n) is 4.83. The second kappa shape index (κ2) is 4.06. The van der Waals surface area contributed by atoms with Gasteiger partial charge in [-0.15, -0.1) is 0 Å². The molecule has 0 aliphatic carbocycles. The van der Waals surface area contributed by atoms with Gasteiger partial charge in [-0.1, -0.05) is 0 Å². The molecular weight excluding hydrogens is 263 g/mol. The van der Waals surface area contributed by atoms with Gasteiger partial charge in [0.25, 0.3) is 0 Å². The Kier molecular flexibility index (Phi) is 2.93. The molecule has 5 heteroatoms. The summed E-state index contributed by atoms with van der Waals surface area (Å²) in [6.45, 7) is 3.26. The molecule has 0 radical (unpaired) electrons. The second-order valence-corrected chi connectivity index (χ2v) is 4.70. The van der Waals surface area contributed by atoms with Crippen LogP contribution in [-0.2, 0) is 0 Å². The summed E-state index contributed by atoms with van der Waals surface area (Å²) in [4.78, 5) is 5.77. The van der Waals surface area contributed by atoms with Gasteiger partial charge in [-0.2, -0.15) is 4.39 Å². The standard InChI is InChI=1S/C10H12BrFN2O/c1-6(15)7-4-14(5-7)9-3-2-8(11)10(12)13-9/h2-3,6-7,15H,4-5H2,1H3. The van der Waals surface area contributed by atoms with Gasteiger partial charge in [0.1, 0.15) is 5.82 Å². The van der Waals surface area contributed by atoms with Gasteiger partial charge in [-0.3, -0.25) is 0 Å². The maximum absolute atomic E-state index is 13.1. The van der Waals surface area contributed by atoms with E-state index in [1.165, 1.54) is 0 Å². The normalized spacial score (nSPS) is 18.8. The molecule has 0 bridgehead atoms. The molecule has 1 aromatic rings. The third kappa shape index (κ3) is 2.13. The van der Waals surface area contributed by atoms with Crippen LogP contribution in [0, 0.1) is 11.9 Å². The van der Waals surface area contributed by atoms with Gasteiger partial charge >= 0.3 is 0 Å². The fourth-order valence-corrected chi connectivity index (χ4v) is 1.81. The number of aliphatic hydroxyl groups is 1. The fourth-order valence-electron chi connectivity index (χ4n) is 1.59. The summed E-state index contributed by atoms with van der Waals surface area (Å²) < 4.78 is 13.5. The van der Waals surface area contributed by atoms with Crippen molar-refractivity contribution in [3.05, 3.63) is 22.6 Å². The molecule has 2 heterocycles. The molecule has 2 rings (SSSR count). The van der Waals surface area contributed by atoms with E-state index < -0.39 is 5.95 Å². The Morgan fingerprint density at radius 2 is 2.27 bits per heavy atom. The average Bonchev–Trinajstić information content (AvgIpc) is 2.08. The van der Waals surface area contributed by atoms with E-state index >= 15 is 0 Å². The predicted octanol–water partition coefficient (Wildman–Crippen LogP) is 1.80. The third-order valence-electron chi connectivity index (χ3n) is 2.70. The SMILES string of the molecule is CC(O)C1CN(c2ccc(Br)c(F)n2)C1.